The van der Waals surface area contributed by atoms with Crippen LogP contribution in [0.3, 0.4) is 0 Å². The lowest BCUT2D eigenvalue weighted by Gasteiger charge is -2.09. The number of aromatic nitrogens is 2. The number of halogens is 4. The lowest BCUT2D eigenvalue weighted by Crippen LogP contribution is -2.11. The minimum Gasteiger partial charge on any atom is -0.245 e. The minimum atomic E-state index is -4.61. The van der Waals surface area contributed by atoms with E-state index in [0.717, 1.165) is 22.3 Å². The van der Waals surface area contributed by atoms with Crippen molar-refractivity contribution in [2.24, 2.45) is 5.10 Å². The van der Waals surface area contributed by atoms with Gasteiger partial charge in [0.25, 0.3) is 0 Å². The number of hydrazone groups is 1. The molecule has 0 fully saturated rings. The molecule has 0 aliphatic carbocycles. The zero-order valence-electron chi connectivity index (χ0n) is 12.6. The highest BCUT2D eigenvalue weighted by Crippen LogP contribution is 2.33. The van der Waals surface area contributed by atoms with Gasteiger partial charge in [-0.2, -0.15) is 22.7 Å². The highest BCUT2D eigenvalue weighted by molar-refractivity contribution is 7.15. The summed E-state index contributed by atoms with van der Waals surface area (Å²) >= 11 is 2.19. The molecule has 3 rings (SSSR count). The van der Waals surface area contributed by atoms with Crippen LogP contribution in [0.1, 0.15) is 15.4 Å². The van der Waals surface area contributed by atoms with Crippen molar-refractivity contribution in [3.63, 3.8) is 0 Å². The number of alkyl halides is 3. The van der Waals surface area contributed by atoms with Gasteiger partial charge in [-0.25, -0.2) is 15.4 Å². The van der Waals surface area contributed by atoms with Crippen LogP contribution in [0.4, 0.5) is 23.5 Å². The number of aryl methyl sites for hydroxylation is 1. The van der Waals surface area contributed by atoms with Crippen LogP contribution in [0.5, 0.6) is 0 Å². The minimum absolute atomic E-state index is 0.153. The second-order valence-electron chi connectivity index (χ2n) is 4.88. The summed E-state index contributed by atoms with van der Waals surface area (Å²) < 4.78 is 52.1. The van der Waals surface area contributed by atoms with E-state index in [-0.39, 0.29) is 16.8 Å². The summed E-state index contributed by atoms with van der Waals surface area (Å²) in [5.74, 6) is -0.288. The molecule has 3 aromatic heterocycles. The summed E-state index contributed by atoms with van der Waals surface area (Å²) in [5.41, 5.74) is 1.45. The smallest absolute Gasteiger partial charge is 0.245 e. The fourth-order valence-electron chi connectivity index (χ4n) is 1.89. The largest absolute Gasteiger partial charge is 0.433 e. The Balaban J connectivity index is 1.90. The van der Waals surface area contributed by atoms with Crippen LogP contribution in [0.25, 0.3) is 10.6 Å². The molecule has 0 bridgehead atoms. The number of rotatable bonds is 4. The Bertz CT molecular complexity index is 914. The third-order valence-electron chi connectivity index (χ3n) is 2.96. The molecule has 0 aliphatic rings. The van der Waals surface area contributed by atoms with Gasteiger partial charge in [0.1, 0.15) is 0 Å². The van der Waals surface area contributed by atoms with E-state index in [2.05, 4.69) is 20.5 Å². The Kier molecular flexibility index (Phi) is 4.82. The Morgan fingerprint density at radius 2 is 1.92 bits per heavy atom. The highest BCUT2D eigenvalue weighted by atomic mass is 32.1. The standard InChI is InChI=1S/C15H10F4N4S2/c1-8-2-4-11(24-8)10-6-12(15(17,18)19)22-14(21-10)23-20-7-9-3-5-13(16)25-9/h2-7H,1H3,(H,21,22,23). The van der Waals surface area contributed by atoms with Gasteiger partial charge in [0.2, 0.25) is 5.95 Å². The second kappa shape index (κ2) is 6.89. The number of anilines is 1. The SMILES string of the molecule is Cc1ccc(-c2cc(C(F)(F)F)nc(NN=Cc3ccc(F)s3)n2)s1. The molecule has 130 valence electrons. The van der Waals surface area contributed by atoms with E-state index in [4.69, 9.17) is 0 Å². The van der Waals surface area contributed by atoms with Gasteiger partial charge in [-0.05, 0) is 37.3 Å². The van der Waals surface area contributed by atoms with Gasteiger partial charge in [-0.15, -0.1) is 22.7 Å². The molecule has 0 radical (unpaired) electrons. The Labute approximate surface area is 147 Å². The van der Waals surface area contributed by atoms with Crippen LogP contribution in [-0.2, 0) is 6.18 Å². The Hall–Kier alpha value is -2.33. The summed E-state index contributed by atoms with van der Waals surface area (Å²) in [6.45, 7) is 1.85. The van der Waals surface area contributed by atoms with E-state index < -0.39 is 11.9 Å². The van der Waals surface area contributed by atoms with Gasteiger partial charge in [-0.3, -0.25) is 0 Å². The maximum Gasteiger partial charge on any atom is 0.433 e. The second-order valence-corrected chi connectivity index (χ2v) is 7.24. The molecule has 0 saturated carbocycles. The first-order valence-electron chi connectivity index (χ1n) is 6.89. The summed E-state index contributed by atoms with van der Waals surface area (Å²) in [6.07, 6.45) is -3.33. The molecule has 0 aromatic carbocycles. The summed E-state index contributed by atoms with van der Waals surface area (Å²) in [4.78, 5) is 9.57. The molecule has 3 heterocycles. The molecule has 3 aromatic rings. The zero-order valence-corrected chi connectivity index (χ0v) is 14.3. The van der Waals surface area contributed by atoms with Crippen molar-refractivity contribution in [1.82, 2.24) is 9.97 Å². The van der Waals surface area contributed by atoms with E-state index in [1.807, 2.05) is 6.92 Å². The predicted molar refractivity (Wildman–Crippen MR) is 90.6 cm³/mol. The number of nitrogens with one attached hydrogen (secondary N) is 1. The molecule has 0 aliphatic heterocycles. The van der Waals surface area contributed by atoms with Crippen LogP contribution in [0, 0.1) is 12.1 Å². The van der Waals surface area contributed by atoms with Crippen LogP contribution in [-0.4, -0.2) is 16.2 Å². The Morgan fingerprint density at radius 3 is 2.52 bits per heavy atom. The highest BCUT2D eigenvalue weighted by Gasteiger charge is 2.34. The third-order valence-corrected chi connectivity index (χ3v) is 4.79. The summed E-state index contributed by atoms with van der Waals surface area (Å²) in [6, 6.07) is 7.16. The molecular weight excluding hydrogens is 376 g/mol. The quantitative estimate of drug-likeness (QED) is 0.382. The summed E-state index contributed by atoms with van der Waals surface area (Å²) in [7, 11) is 0. The number of nitrogens with zero attached hydrogens (tertiary/aromatic N) is 3. The zero-order chi connectivity index (χ0) is 18.0. The maximum absolute atomic E-state index is 13.1. The molecule has 0 unspecified atom stereocenters. The van der Waals surface area contributed by atoms with Crippen molar-refractivity contribution >= 4 is 34.8 Å². The monoisotopic (exact) mass is 386 g/mol. The maximum atomic E-state index is 13.1. The fraction of sp³-hybridized carbons (Fsp3) is 0.133. The van der Waals surface area contributed by atoms with E-state index in [9.17, 15) is 17.6 Å². The number of thiophene rings is 2. The van der Waals surface area contributed by atoms with Gasteiger partial charge in [0, 0.05) is 4.88 Å². The van der Waals surface area contributed by atoms with E-state index in [1.54, 1.807) is 12.1 Å². The molecular formula is C15H10F4N4S2. The number of hydrogen-bond acceptors (Lipinski definition) is 6. The first-order valence-corrected chi connectivity index (χ1v) is 8.52. The molecule has 10 heteroatoms. The van der Waals surface area contributed by atoms with Crippen LogP contribution >= 0.6 is 22.7 Å². The van der Waals surface area contributed by atoms with Gasteiger partial charge < -0.3 is 0 Å². The molecule has 0 atom stereocenters. The molecule has 1 N–H and O–H groups in total. The first-order chi connectivity index (χ1) is 11.8. The van der Waals surface area contributed by atoms with Crippen molar-refractivity contribution in [3.05, 3.63) is 50.9 Å². The fourth-order valence-corrected chi connectivity index (χ4v) is 3.32. The van der Waals surface area contributed by atoms with Gasteiger partial charge in [0.05, 0.1) is 21.7 Å². The number of hydrogen-bond donors (Lipinski definition) is 1. The van der Waals surface area contributed by atoms with Crippen LogP contribution in [0.15, 0.2) is 35.4 Å². The average molecular weight is 386 g/mol. The van der Waals surface area contributed by atoms with Crippen molar-refractivity contribution < 1.29 is 17.6 Å². The first kappa shape index (κ1) is 17.5. The van der Waals surface area contributed by atoms with Crippen molar-refractivity contribution in [3.8, 4) is 10.6 Å². The summed E-state index contributed by atoms with van der Waals surface area (Å²) in [5, 5.41) is 3.39. The lowest BCUT2D eigenvalue weighted by atomic mass is 10.2. The molecule has 25 heavy (non-hydrogen) atoms. The van der Waals surface area contributed by atoms with Crippen molar-refractivity contribution in [2.75, 3.05) is 5.43 Å². The molecule has 0 amide bonds. The van der Waals surface area contributed by atoms with Crippen molar-refractivity contribution in [2.45, 2.75) is 13.1 Å². The normalized spacial score (nSPS) is 12.0. The average Bonchev–Trinajstić information content (AvgIpc) is 3.15. The van der Waals surface area contributed by atoms with Crippen molar-refractivity contribution in [1.29, 1.82) is 0 Å². The lowest BCUT2D eigenvalue weighted by molar-refractivity contribution is -0.141. The topological polar surface area (TPSA) is 50.2 Å². The molecule has 0 saturated heterocycles. The van der Waals surface area contributed by atoms with Gasteiger partial charge in [0.15, 0.2) is 10.8 Å². The van der Waals surface area contributed by atoms with Crippen LogP contribution in [0.2, 0.25) is 0 Å². The van der Waals surface area contributed by atoms with Crippen LogP contribution < -0.4 is 5.43 Å². The third kappa shape index (κ3) is 4.40. The molecule has 4 nitrogen and oxygen atoms in total. The Morgan fingerprint density at radius 1 is 1.12 bits per heavy atom. The van der Waals surface area contributed by atoms with Gasteiger partial charge in [-0.1, -0.05) is 0 Å². The van der Waals surface area contributed by atoms with E-state index in [1.165, 1.54) is 29.7 Å². The van der Waals surface area contributed by atoms with E-state index in [0.29, 0.717) is 9.75 Å². The molecule has 0 spiro atoms. The van der Waals surface area contributed by atoms with E-state index >= 15 is 0 Å². The van der Waals surface area contributed by atoms with Gasteiger partial charge >= 0.3 is 6.18 Å². The predicted octanol–water partition coefficient (Wildman–Crippen LogP) is 5.18.